The Morgan fingerprint density at radius 3 is 2.80 bits per heavy atom. The van der Waals surface area contributed by atoms with Gasteiger partial charge in [0.05, 0.1) is 23.7 Å². The maximum absolute atomic E-state index is 11.1. The van der Waals surface area contributed by atoms with Crippen LogP contribution in [0.4, 0.5) is 5.69 Å². The van der Waals surface area contributed by atoms with Crippen molar-refractivity contribution in [1.29, 1.82) is 0 Å². The van der Waals surface area contributed by atoms with Gasteiger partial charge in [-0.15, -0.1) is 0 Å². The van der Waals surface area contributed by atoms with Gasteiger partial charge in [-0.05, 0) is 12.1 Å². The molecule has 0 aliphatic carbocycles. The lowest BCUT2D eigenvalue weighted by molar-refractivity contribution is -0.144. The summed E-state index contributed by atoms with van der Waals surface area (Å²) in [5.41, 5.74) is 0.829. The van der Waals surface area contributed by atoms with Crippen LogP contribution in [0.5, 0.6) is 0 Å². The van der Waals surface area contributed by atoms with Gasteiger partial charge >= 0.3 is 5.97 Å². The normalized spacial score (nSPS) is 11.9. The van der Waals surface area contributed by atoms with Crippen molar-refractivity contribution in [3.05, 3.63) is 29.3 Å². The fraction of sp³-hybridized carbons (Fsp3) is 0.364. The van der Waals surface area contributed by atoms with Crippen LogP contribution < -0.4 is 5.32 Å². The first-order valence-electron chi connectivity index (χ1n) is 4.71. The number of hydrogen-bond acceptors (Lipinski definition) is 3. The van der Waals surface area contributed by atoms with E-state index in [9.17, 15) is 4.79 Å². The van der Waals surface area contributed by atoms with Crippen LogP contribution in [-0.2, 0) is 9.53 Å². The van der Waals surface area contributed by atoms with E-state index in [1.807, 2.05) is 18.2 Å². The fourth-order valence-corrected chi connectivity index (χ4v) is 1.35. The smallest absolute Gasteiger partial charge is 0.310 e. The number of esters is 1. The van der Waals surface area contributed by atoms with Crippen molar-refractivity contribution in [3.63, 3.8) is 0 Å². The van der Waals surface area contributed by atoms with Gasteiger partial charge in [0, 0.05) is 6.54 Å². The molecule has 0 spiro atoms. The molecule has 0 saturated carbocycles. The van der Waals surface area contributed by atoms with Crippen LogP contribution in [0.1, 0.15) is 6.92 Å². The molecule has 1 aromatic rings. The summed E-state index contributed by atoms with van der Waals surface area (Å²) in [6.07, 6.45) is 0. The number of para-hydroxylation sites is 1. The molecule has 1 rings (SSSR count). The van der Waals surface area contributed by atoms with Crippen LogP contribution in [-0.4, -0.2) is 19.6 Å². The van der Waals surface area contributed by atoms with E-state index in [2.05, 4.69) is 10.1 Å². The van der Waals surface area contributed by atoms with E-state index in [0.717, 1.165) is 5.69 Å². The predicted octanol–water partition coefficient (Wildman–Crippen LogP) is 2.56. The Labute approximate surface area is 94.4 Å². The molecule has 0 aliphatic heterocycles. The minimum atomic E-state index is -0.227. The Kier molecular flexibility index (Phi) is 4.43. The molecule has 0 saturated heterocycles. The summed E-state index contributed by atoms with van der Waals surface area (Å²) in [5, 5.41) is 3.74. The average Bonchev–Trinajstić information content (AvgIpc) is 2.26. The maximum Gasteiger partial charge on any atom is 0.310 e. The summed E-state index contributed by atoms with van der Waals surface area (Å²) < 4.78 is 4.62. The zero-order chi connectivity index (χ0) is 11.3. The molecule has 0 aromatic heterocycles. The van der Waals surface area contributed by atoms with Crippen molar-refractivity contribution < 1.29 is 9.53 Å². The van der Waals surface area contributed by atoms with E-state index in [4.69, 9.17) is 11.6 Å². The van der Waals surface area contributed by atoms with Crippen LogP contribution in [0, 0.1) is 5.92 Å². The summed E-state index contributed by atoms with van der Waals surface area (Å²) >= 11 is 5.94. The summed E-state index contributed by atoms with van der Waals surface area (Å²) in [7, 11) is 1.38. The van der Waals surface area contributed by atoms with Crippen molar-refractivity contribution >= 4 is 23.3 Å². The van der Waals surface area contributed by atoms with E-state index >= 15 is 0 Å². The van der Waals surface area contributed by atoms with Crippen molar-refractivity contribution in [1.82, 2.24) is 0 Å². The van der Waals surface area contributed by atoms with Gasteiger partial charge in [0.15, 0.2) is 0 Å². The molecule has 1 unspecified atom stereocenters. The number of nitrogens with one attached hydrogen (secondary N) is 1. The minimum absolute atomic E-state index is 0.189. The lowest BCUT2D eigenvalue weighted by Gasteiger charge is -2.12. The van der Waals surface area contributed by atoms with Gasteiger partial charge in [-0.2, -0.15) is 0 Å². The summed E-state index contributed by atoms with van der Waals surface area (Å²) in [6.45, 7) is 2.31. The molecule has 3 nitrogen and oxygen atoms in total. The number of hydrogen-bond donors (Lipinski definition) is 1. The van der Waals surface area contributed by atoms with Crippen LogP contribution in [0.2, 0.25) is 5.02 Å². The lowest BCUT2D eigenvalue weighted by Crippen LogP contribution is -2.21. The number of rotatable bonds is 4. The first-order valence-corrected chi connectivity index (χ1v) is 5.09. The fourth-order valence-electron chi connectivity index (χ4n) is 1.15. The van der Waals surface area contributed by atoms with Crippen LogP contribution in [0.15, 0.2) is 24.3 Å². The number of carbonyl (C=O) groups is 1. The summed E-state index contributed by atoms with van der Waals surface area (Å²) in [4.78, 5) is 11.1. The van der Waals surface area contributed by atoms with Crippen molar-refractivity contribution in [2.75, 3.05) is 19.0 Å². The second-order valence-electron chi connectivity index (χ2n) is 3.28. The third-order valence-corrected chi connectivity index (χ3v) is 2.41. The monoisotopic (exact) mass is 227 g/mol. The van der Waals surface area contributed by atoms with E-state index in [0.29, 0.717) is 11.6 Å². The SMILES string of the molecule is COC(=O)C(C)CNc1ccccc1Cl. The molecule has 0 bridgehead atoms. The van der Waals surface area contributed by atoms with Gasteiger partial charge in [0.2, 0.25) is 0 Å². The first kappa shape index (κ1) is 11.9. The molecule has 0 fully saturated rings. The molecule has 0 aliphatic rings. The highest BCUT2D eigenvalue weighted by molar-refractivity contribution is 6.33. The molecule has 15 heavy (non-hydrogen) atoms. The van der Waals surface area contributed by atoms with Gasteiger partial charge in [0.1, 0.15) is 0 Å². The third-order valence-electron chi connectivity index (χ3n) is 2.08. The summed E-state index contributed by atoms with van der Waals surface area (Å²) in [6, 6.07) is 7.41. The van der Waals surface area contributed by atoms with Crippen molar-refractivity contribution in [3.8, 4) is 0 Å². The molecule has 0 heterocycles. The van der Waals surface area contributed by atoms with Crippen molar-refractivity contribution in [2.24, 2.45) is 5.92 Å². The number of anilines is 1. The Bertz CT molecular complexity index is 341. The third kappa shape index (κ3) is 3.44. The number of benzene rings is 1. The molecule has 1 N–H and O–H groups in total. The zero-order valence-electron chi connectivity index (χ0n) is 8.79. The van der Waals surface area contributed by atoms with Gasteiger partial charge in [-0.25, -0.2) is 0 Å². The van der Waals surface area contributed by atoms with E-state index in [1.165, 1.54) is 7.11 Å². The largest absolute Gasteiger partial charge is 0.469 e. The lowest BCUT2D eigenvalue weighted by atomic mass is 10.2. The molecule has 4 heteroatoms. The summed E-state index contributed by atoms with van der Waals surface area (Å²) in [5.74, 6) is -0.416. The molecule has 1 aromatic carbocycles. The molecule has 0 radical (unpaired) electrons. The average molecular weight is 228 g/mol. The Morgan fingerprint density at radius 1 is 1.53 bits per heavy atom. The number of ether oxygens (including phenoxy) is 1. The van der Waals surface area contributed by atoms with Gasteiger partial charge < -0.3 is 10.1 Å². The van der Waals surface area contributed by atoms with E-state index in [1.54, 1.807) is 13.0 Å². The molecule has 0 amide bonds. The highest BCUT2D eigenvalue weighted by Gasteiger charge is 2.12. The molecular formula is C11H14ClNO2. The van der Waals surface area contributed by atoms with Gasteiger partial charge in [-0.1, -0.05) is 30.7 Å². The van der Waals surface area contributed by atoms with Gasteiger partial charge in [-0.3, -0.25) is 4.79 Å². The Hall–Kier alpha value is -1.22. The highest BCUT2D eigenvalue weighted by atomic mass is 35.5. The first-order chi connectivity index (χ1) is 7.15. The molecule has 82 valence electrons. The standard InChI is InChI=1S/C11H14ClNO2/c1-8(11(14)15-2)7-13-10-6-4-3-5-9(10)12/h3-6,8,13H,7H2,1-2H3. The number of methoxy groups -OCH3 is 1. The van der Waals surface area contributed by atoms with Crippen LogP contribution in [0.3, 0.4) is 0 Å². The number of halogens is 1. The predicted molar refractivity (Wildman–Crippen MR) is 61.1 cm³/mol. The highest BCUT2D eigenvalue weighted by Crippen LogP contribution is 2.20. The van der Waals surface area contributed by atoms with E-state index < -0.39 is 0 Å². The Balaban J connectivity index is 2.50. The zero-order valence-corrected chi connectivity index (χ0v) is 9.54. The number of carbonyl (C=O) groups excluding carboxylic acids is 1. The van der Waals surface area contributed by atoms with Gasteiger partial charge in [0.25, 0.3) is 0 Å². The second-order valence-corrected chi connectivity index (χ2v) is 3.69. The quantitative estimate of drug-likeness (QED) is 0.804. The molecule has 1 atom stereocenters. The van der Waals surface area contributed by atoms with Crippen molar-refractivity contribution in [2.45, 2.75) is 6.92 Å². The second kappa shape index (κ2) is 5.61. The topological polar surface area (TPSA) is 38.3 Å². The minimum Gasteiger partial charge on any atom is -0.469 e. The maximum atomic E-state index is 11.1. The molecular weight excluding hydrogens is 214 g/mol. The van der Waals surface area contributed by atoms with Crippen LogP contribution >= 0.6 is 11.6 Å². The Morgan fingerprint density at radius 2 is 2.20 bits per heavy atom. The van der Waals surface area contributed by atoms with Crippen LogP contribution in [0.25, 0.3) is 0 Å². The van der Waals surface area contributed by atoms with E-state index in [-0.39, 0.29) is 11.9 Å².